The summed E-state index contributed by atoms with van der Waals surface area (Å²) in [6.45, 7) is 7.88. The molecule has 1 aliphatic rings. The highest BCUT2D eigenvalue weighted by molar-refractivity contribution is 9.10. The molecule has 0 unspecified atom stereocenters. The second-order valence-electron chi connectivity index (χ2n) is 9.10. The smallest absolute Gasteiger partial charge is 0.270 e. The van der Waals surface area contributed by atoms with Crippen LogP contribution in [0.5, 0.6) is 0 Å². The van der Waals surface area contributed by atoms with Gasteiger partial charge < -0.3 is 10.2 Å². The third kappa shape index (κ3) is 6.54. The highest BCUT2D eigenvalue weighted by Crippen LogP contribution is 2.22. The lowest BCUT2D eigenvalue weighted by Gasteiger charge is -2.22. The fourth-order valence-corrected chi connectivity index (χ4v) is 3.90. The molecule has 0 saturated carbocycles. The zero-order chi connectivity index (χ0) is 22.4. The third-order valence-electron chi connectivity index (χ3n) is 5.57. The maximum atomic E-state index is 13.3. The van der Waals surface area contributed by atoms with Crippen LogP contribution in [0.3, 0.4) is 0 Å². The molecule has 1 saturated heterocycles. The van der Waals surface area contributed by atoms with Crippen molar-refractivity contribution in [3.8, 4) is 0 Å². The monoisotopic (exact) mass is 482 g/mol. The molecule has 2 aromatic rings. The van der Waals surface area contributed by atoms with Crippen LogP contribution >= 0.6 is 15.9 Å². The van der Waals surface area contributed by atoms with Gasteiger partial charge in [0.2, 0.25) is 0 Å². The summed E-state index contributed by atoms with van der Waals surface area (Å²) in [5.74, 6) is -0.392. The van der Waals surface area contributed by atoms with Crippen molar-refractivity contribution in [1.29, 1.82) is 0 Å². The van der Waals surface area contributed by atoms with Crippen LogP contribution < -0.4 is 5.32 Å². The van der Waals surface area contributed by atoms with Crippen molar-refractivity contribution in [3.63, 3.8) is 0 Å². The molecular weight excluding hydrogens is 452 g/mol. The van der Waals surface area contributed by atoms with Gasteiger partial charge in [0.05, 0.1) is 0 Å². The van der Waals surface area contributed by atoms with Crippen molar-refractivity contribution in [2.45, 2.75) is 51.9 Å². The molecule has 3 rings (SSSR count). The number of hydrogen-bond acceptors (Lipinski definition) is 2. The number of carbonyl (C=O) groups excluding carboxylic acids is 2. The molecule has 4 nitrogen and oxygen atoms in total. The van der Waals surface area contributed by atoms with Gasteiger partial charge in [-0.3, -0.25) is 9.59 Å². The van der Waals surface area contributed by atoms with Crippen molar-refractivity contribution < 1.29 is 9.59 Å². The average molecular weight is 483 g/mol. The van der Waals surface area contributed by atoms with E-state index in [0.29, 0.717) is 11.3 Å². The van der Waals surface area contributed by atoms with Crippen LogP contribution in [0.25, 0.3) is 6.08 Å². The number of carbonyl (C=O) groups is 2. The lowest BCUT2D eigenvalue weighted by molar-refractivity contribution is -0.127. The van der Waals surface area contributed by atoms with Gasteiger partial charge in [-0.25, -0.2) is 0 Å². The highest BCUT2D eigenvalue weighted by Gasteiger charge is 2.22. The quantitative estimate of drug-likeness (QED) is 0.549. The molecule has 0 bridgehead atoms. The number of nitrogens with zero attached hydrogens (tertiary/aromatic N) is 1. The van der Waals surface area contributed by atoms with E-state index in [0.717, 1.165) is 54.4 Å². The van der Waals surface area contributed by atoms with Crippen molar-refractivity contribution in [2.75, 3.05) is 13.1 Å². The molecule has 2 aromatic carbocycles. The minimum atomic E-state index is -0.271. The van der Waals surface area contributed by atoms with E-state index in [2.05, 4.69) is 42.0 Å². The first-order valence-corrected chi connectivity index (χ1v) is 11.7. The van der Waals surface area contributed by atoms with E-state index < -0.39 is 0 Å². The minimum absolute atomic E-state index is 0.0182. The first-order chi connectivity index (χ1) is 14.7. The molecule has 0 radical (unpaired) electrons. The molecule has 2 amide bonds. The first kappa shape index (κ1) is 23.3. The second-order valence-corrected chi connectivity index (χ2v) is 10.0. The average Bonchev–Trinajstić information content (AvgIpc) is 3.03. The van der Waals surface area contributed by atoms with Crippen LogP contribution in [0, 0.1) is 0 Å². The summed E-state index contributed by atoms with van der Waals surface area (Å²) in [6.07, 6.45) is 6.05. The van der Waals surface area contributed by atoms with Gasteiger partial charge in [-0.15, -0.1) is 0 Å². The first-order valence-electron chi connectivity index (χ1n) is 10.9. The Balaban J connectivity index is 1.85. The van der Waals surface area contributed by atoms with E-state index >= 15 is 0 Å². The van der Waals surface area contributed by atoms with Gasteiger partial charge in [-0.1, -0.05) is 73.8 Å². The molecule has 0 atom stereocenters. The van der Waals surface area contributed by atoms with E-state index in [4.69, 9.17) is 0 Å². The molecule has 0 aliphatic carbocycles. The molecule has 164 valence electrons. The van der Waals surface area contributed by atoms with Crippen LogP contribution in [0.4, 0.5) is 0 Å². The van der Waals surface area contributed by atoms with Gasteiger partial charge in [0, 0.05) is 23.1 Å². The summed E-state index contributed by atoms with van der Waals surface area (Å²) in [5.41, 5.74) is 2.90. The minimum Gasteiger partial charge on any atom is -0.337 e. The predicted molar refractivity (Wildman–Crippen MR) is 130 cm³/mol. The lowest BCUT2D eigenvalue weighted by Crippen LogP contribution is -2.39. The van der Waals surface area contributed by atoms with E-state index in [9.17, 15) is 9.59 Å². The fraction of sp³-hybridized carbons (Fsp3) is 0.385. The molecule has 1 aliphatic heterocycles. The van der Waals surface area contributed by atoms with E-state index in [-0.39, 0.29) is 17.2 Å². The Morgan fingerprint density at radius 3 is 2.03 bits per heavy atom. The standard InChI is InChI=1S/C26H31BrN2O2/c1-26(2,3)21-12-10-20(11-13-21)24(30)28-23(18-19-8-14-22(27)15-9-19)25(31)29-16-6-4-5-7-17-29/h8-15,18H,4-7,16-17H2,1-3H3,(H,28,30). The number of hydrogen-bond donors (Lipinski definition) is 1. The lowest BCUT2D eigenvalue weighted by atomic mass is 9.87. The SMILES string of the molecule is CC(C)(C)c1ccc(C(=O)NC(=Cc2ccc(Br)cc2)C(=O)N2CCCCCC2)cc1. The summed E-state index contributed by atoms with van der Waals surface area (Å²) in [5, 5.41) is 2.89. The highest BCUT2D eigenvalue weighted by atomic mass is 79.9. The van der Waals surface area contributed by atoms with E-state index in [1.807, 2.05) is 53.4 Å². The largest absolute Gasteiger partial charge is 0.337 e. The molecule has 0 spiro atoms. The molecule has 5 heteroatoms. The van der Waals surface area contributed by atoms with Crippen molar-refractivity contribution in [1.82, 2.24) is 10.2 Å². The Hall–Kier alpha value is -2.40. The van der Waals surface area contributed by atoms with Crippen LogP contribution in [0.2, 0.25) is 0 Å². The summed E-state index contributed by atoms with van der Waals surface area (Å²) in [6, 6.07) is 15.3. The van der Waals surface area contributed by atoms with E-state index in [1.165, 1.54) is 0 Å². The Bertz CT molecular complexity index is 933. The van der Waals surface area contributed by atoms with Gasteiger partial charge in [-0.2, -0.15) is 0 Å². The van der Waals surface area contributed by atoms with Crippen molar-refractivity contribution >= 4 is 33.8 Å². The van der Waals surface area contributed by atoms with Crippen molar-refractivity contribution in [3.05, 3.63) is 75.4 Å². The van der Waals surface area contributed by atoms with Gasteiger partial charge in [0.25, 0.3) is 11.8 Å². The van der Waals surface area contributed by atoms with Gasteiger partial charge in [-0.05, 0) is 59.7 Å². The maximum Gasteiger partial charge on any atom is 0.270 e. The Morgan fingerprint density at radius 1 is 0.903 bits per heavy atom. The Labute approximate surface area is 193 Å². The number of amides is 2. The molecule has 1 heterocycles. The van der Waals surface area contributed by atoms with E-state index in [1.54, 1.807) is 6.08 Å². The maximum absolute atomic E-state index is 13.3. The molecule has 1 N–H and O–H groups in total. The zero-order valence-corrected chi connectivity index (χ0v) is 20.2. The topological polar surface area (TPSA) is 49.4 Å². The normalized spacial score (nSPS) is 15.4. The molecular formula is C26H31BrN2O2. The summed E-state index contributed by atoms with van der Waals surface area (Å²) in [4.78, 5) is 28.2. The van der Waals surface area contributed by atoms with Crippen LogP contribution in [-0.2, 0) is 10.2 Å². The van der Waals surface area contributed by atoms with Gasteiger partial charge in [0.15, 0.2) is 0 Å². The number of rotatable bonds is 4. The predicted octanol–water partition coefficient (Wildman–Crippen LogP) is 5.92. The number of halogens is 1. The number of likely N-dealkylation sites (tertiary alicyclic amines) is 1. The summed E-state index contributed by atoms with van der Waals surface area (Å²) < 4.78 is 0.966. The number of benzene rings is 2. The molecule has 1 fully saturated rings. The summed E-state index contributed by atoms with van der Waals surface area (Å²) >= 11 is 3.44. The van der Waals surface area contributed by atoms with Crippen molar-refractivity contribution in [2.24, 2.45) is 0 Å². The molecule has 0 aromatic heterocycles. The Morgan fingerprint density at radius 2 is 1.48 bits per heavy atom. The number of nitrogens with one attached hydrogen (secondary N) is 1. The van der Waals surface area contributed by atoms with Crippen LogP contribution in [0.1, 0.15) is 67.9 Å². The van der Waals surface area contributed by atoms with Gasteiger partial charge in [0.1, 0.15) is 5.70 Å². The fourth-order valence-electron chi connectivity index (χ4n) is 3.64. The second kappa shape index (κ2) is 10.3. The third-order valence-corrected chi connectivity index (χ3v) is 6.09. The Kier molecular flexibility index (Phi) is 7.71. The van der Waals surface area contributed by atoms with Crippen LogP contribution in [0.15, 0.2) is 58.7 Å². The summed E-state index contributed by atoms with van der Waals surface area (Å²) in [7, 11) is 0. The van der Waals surface area contributed by atoms with Crippen LogP contribution in [-0.4, -0.2) is 29.8 Å². The van der Waals surface area contributed by atoms with Gasteiger partial charge >= 0.3 is 0 Å². The molecule has 31 heavy (non-hydrogen) atoms. The zero-order valence-electron chi connectivity index (χ0n) is 18.6.